The molecule has 3 rings (SSSR count). The zero-order valence-corrected chi connectivity index (χ0v) is 13.6. The van der Waals surface area contributed by atoms with Crippen LogP contribution < -0.4 is 5.56 Å². The van der Waals surface area contributed by atoms with Gasteiger partial charge in [0.2, 0.25) is 0 Å². The molecule has 0 saturated carbocycles. The van der Waals surface area contributed by atoms with Gasteiger partial charge in [-0.2, -0.15) is 5.26 Å². The van der Waals surface area contributed by atoms with Crippen molar-refractivity contribution >= 4 is 16.5 Å². The van der Waals surface area contributed by atoms with Gasteiger partial charge in [-0.25, -0.2) is 4.98 Å². The van der Waals surface area contributed by atoms with E-state index in [4.69, 9.17) is 0 Å². The van der Waals surface area contributed by atoms with Crippen molar-refractivity contribution in [1.29, 1.82) is 5.26 Å². The Kier molecular flexibility index (Phi) is 4.63. The van der Waals surface area contributed by atoms with Crippen molar-refractivity contribution in [2.24, 2.45) is 5.92 Å². The predicted molar refractivity (Wildman–Crippen MR) is 92.4 cm³/mol. The highest BCUT2D eigenvalue weighted by Gasteiger charge is 2.20. The summed E-state index contributed by atoms with van der Waals surface area (Å²) in [6, 6.07) is 8.91. The molecule has 124 valence electrons. The average molecular weight is 324 g/mol. The molecule has 0 bridgehead atoms. The van der Waals surface area contributed by atoms with Crippen molar-refractivity contribution < 1.29 is 5.11 Å². The summed E-state index contributed by atoms with van der Waals surface area (Å²) < 4.78 is 0. The first-order valence-corrected chi connectivity index (χ1v) is 8.12. The standard InChI is InChI=1S/C18H20N4O2/c1-12-5-4-8-22(10-12)11-16(23)14(9-19)17-20-15-7-3-2-6-13(15)18(24)21-17/h2-3,6-7,12,23H,4-5,8,10-11H2,1H3,(H,20,21,24). The van der Waals surface area contributed by atoms with Crippen LogP contribution in [0.4, 0.5) is 0 Å². The van der Waals surface area contributed by atoms with Crippen molar-refractivity contribution in [2.75, 3.05) is 19.6 Å². The van der Waals surface area contributed by atoms with Crippen LogP contribution in [0.2, 0.25) is 0 Å². The second-order valence-electron chi connectivity index (χ2n) is 6.35. The van der Waals surface area contributed by atoms with Crippen molar-refractivity contribution in [3.05, 3.63) is 46.2 Å². The van der Waals surface area contributed by atoms with E-state index in [2.05, 4.69) is 21.8 Å². The van der Waals surface area contributed by atoms with Crippen LogP contribution in [-0.4, -0.2) is 39.6 Å². The average Bonchev–Trinajstić information content (AvgIpc) is 2.55. The summed E-state index contributed by atoms with van der Waals surface area (Å²) in [6.07, 6.45) is 2.27. The molecule has 6 nitrogen and oxygen atoms in total. The fourth-order valence-electron chi connectivity index (χ4n) is 3.18. The third-order valence-corrected chi connectivity index (χ3v) is 4.36. The number of piperidine rings is 1. The first-order valence-electron chi connectivity index (χ1n) is 8.12. The molecule has 0 radical (unpaired) electrons. The second-order valence-corrected chi connectivity index (χ2v) is 6.35. The number of hydrogen-bond acceptors (Lipinski definition) is 5. The minimum absolute atomic E-state index is 0.0241. The summed E-state index contributed by atoms with van der Waals surface area (Å²) in [5.74, 6) is 0.643. The van der Waals surface area contributed by atoms with Crippen molar-refractivity contribution in [3.63, 3.8) is 0 Å². The molecule has 1 aromatic heterocycles. The van der Waals surface area contributed by atoms with E-state index in [0.29, 0.717) is 23.4 Å². The number of hydrogen-bond donors (Lipinski definition) is 2. The smallest absolute Gasteiger partial charge is 0.259 e. The van der Waals surface area contributed by atoms with Crippen LogP contribution in [0.25, 0.3) is 16.5 Å². The van der Waals surface area contributed by atoms with E-state index in [1.807, 2.05) is 6.07 Å². The Morgan fingerprint density at radius 3 is 3.04 bits per heavy atom. The Morgan fingerprint density at radius 1 is 1.50 bits per heavy atom. The Hall–Kier alpha value is -2.65. The zero-order valence-electron chi connectivity index (χ0n) is 13.6. The number of aliphatic hydroxyl groups is 1. The molecule has 1 aliphatic heterocycles. The highest BCUT2D eigenvalue weighted by Crippen LogP contribution is 2.19. The molecule has 1 unspecified atom stereocenters. The Bertz CT molecular complexity index is 878. The van der Waals surface area contributed by atoms with Crippen LogP contribution in [0.15, 0.2) is 34.8 Å². The van der Waals surface area contributed by atoms with Crippen molar-refractivity contribution in [2.45, 2.75) is 19.8 Å². The number of nitriles is 1. The molecule has 0 aliphatic carbocycles. The molecule has 2 aromatic rings. The Balaban J connectivity index is 1.95. The topological polar surface area (TPSA) is 93.0 Å². The number of rotatable bonds is 3. The number of aromatic amines is 1. The van der Waals surface area contributed by atoms with Crippen LogP contribution in [0.1, 0.15) is 25.6 Å². The Labute approximate surface area is 140 Å². The van der Waals surface area contributed by atoms with Gasteiger partial charge in [-0.3, -0.25) is 9.69 Å². The molecule has 2 N–H and O–H groups in total. The molecular weight excluding hydrogens is 304 g/mol. The number of nitrogens with one attached hydrogen (secondary N) is 1. The first kappa shape index (κ1) is 16.2. The van der Waals surface area contributed by atoms with Gasteiger partial charge in [0.1, 0.15) is 17.4 Å². The lowest BCUT2D eigenvalue weighted by molar-refractivity contribution is 0.177. The highest BCUT2D eigenvalue weighted by molar-refractivity contribution is 5.81. The number of nitrogens with zero attached hydrogens (tertiary/aromatic N) is 3. The molecule has 0 amide bonds. The van der Waals surface area contributed by atoms with E-state index in [1.54, 1.807) is 24.3 Å². The van der Waals surface area contributed by atoms with Gasteiger partial charge in [0.25, 0.3) is 5.56 Å². The van der Waals surface area contributed by atoms with Crippen LogP contribution in [-0.2, 0) is 0 Å². The summed E-state index contributed by atoms with van der Waals surface area (Å²) in [5.41, 5.74) is 0.210. The zero-order chi connectivity index (χ0) is 17.1. The molecule has 1 aromatic carbocycles. The summed E-state index contributed by atoms with van der Waals surface area (Å²) in [7, 11) is 0. The largest absolute Gasteiger partial charge is 0.509 e. The third kappa shape index (κ3) is 3.31. The van der Waals surface area contributed by atoms with E-state index in [0.717, 1.165) is 19.5 Å². The van der Waals surface area contributed by atoms with Gasteiger partial charge >= 0.3 is 0 Å². The maximum absolute atomic E-state index is 12.2. The maximum atomic E-state index is 12.2. The molecule has 1 atom stereocenters. The maximum Gasteiger partial charge on any atom is 0.259 e. The van der Waals surface area contributed by atoms with Gasteiger partial charge in [-0.15, -0.1) is 0 Å². The molecule has 2 heterocycles. The molecular formula is C18H20N4O2. The van der Waals surface area contributed by atoms with E-state index < -0.39 is 0 Å². The minimum atomic E-state index is -0.317. The van der Waals surface area contributed by atoms with E-state index in [1.165, 1.54) is 6.42 Å². The van der Waals surface area contributed by atoms with Gasteiger partial charge in [-0.05, 0) is 37.4 Å². The summed E-state index contributed by atoms with van der Waals surface area (Å²) in [6.45, 7) is 4.27. The molecule has 1 aliphatic rings. The van der Waals surface area contributed by atoms with E-state index in [-0.39, 0.29) is 22.7 Å². The number of allylic oxidation sites excluding steroid dienone is 1. The van der Waals surface area contributed by atoms with Crippen molar-refractivity contribution in [1.82, 2.24) is 14.9 Å². The quantitative estimate of drug-likeness (QED) is 0.668. The number of H-pyrrole nitrogens is 1. The van der Waals surface area contributed by atoms with Gasteiger partial charge in [0, 0.05) is 6.54 Å². The van der Waals surface area contributed by atoms with Gasteiger partial charge in [0.15, 0.2) is 5.82 Å². The minimum Gasteiger partial charge on any atom is -0.509 e. The Morgan fingerprint density at radius 2 is 2.29 bits per heavy atom. The molecule has 1 fully saturated rings. The lowest BCUT2D eigenvalue weighted by Gasteiger charge is -2.30. The lowest BCUT2D eigenvalue weighted by Crippen LogP contribution is -2.35. The number of aromatic nitrogens is 2. The molecule has 24 heavy (non-hydrogen) atoms. The SMILES string of the molecule is CC1CCCN(CC(O)=C(C#N)c2nc3ccccc3c(=O)[nH]2)C1. The summed E-state index contributed by atoms with van der Waals surface area (Å²) in [4.78, 5) is 21.2. The number of fused-ring (bicyclic) bond motifs is 1. The van der Waals surface area contributed by atoms with E-state index >= 15 is 0 Å². The highest BCUT2D eigenvalue weighted by atomic mass is 16.3. The van der Waals surface area contributed by atoms with Gasteiger partial charge in [0.05, 0.1) is 17.4 Å². The summed E-state index contributed by atoms with van der Waals surface area (Å²) in [5, 5.41) is 20.3. The van der Waals surface area contributed by atoms with Crippen LogP contribution in [0, 0.1) is 17.2 Å². The van der Waals surface area contributed by atoms with Crippen molar-refractivity contribution in [3.8, 4) is 6.07 Å². The fourth-order valence-corrected chi connectivity index (χ4v) is 3.18. The number of benzene rings is 1. The fraction of sp³-hybridized carbons (Fsp3) is 0.389. The van der Waals surface area contributed by atoms with Crippen LogP contribution >= 0.6 is 0 Å². The van der Waals surface area contributed by atoms with E-state index in [9.17, 15) is 15.2 Å². The lowest BCUT2D eigenvalue weighted by atomic mass is 10.00. The summed E-state index contributed by atoms with van der Waals surface area (Å²) >= 11 is 0. The number of para-hydroxylation sites is 1. The normalized spacial score (nSPS) is 19.8. The first-order chi connectivity index (χ1) is 11.6. The van der Waals surface area contributed by atoms with Crippen LogP contribution in [0.3, 0.4) is 0 Å². The molecule has 1 saturated heterocycles. The third-order valence-electron chi connectivity index (χ3n) is 4.36. The molecule has 0 spiro atoms. The van der Waals surface area contributed by atoms with Gasteiger partial charge in [-0.1, -0.05) is 19.1 Å². The van der Waals surface area contributed by atoms with Crippen LogP contribution in [0.5, 0.6) is 0 Å². The van der Waals surface area contributed by atoms with Gasteiger partial charge < -0.3 is 10.1 Å². The molecule has 6 heteroatoms. The second kappa shape index (κ2) is 6.85. The number of likely N-dealkylation sites (tertiary alicyclic amines) is 1. The number of aliphatic hydroxyl groups excluding tert-OH is 1. The predicted octanol–water partition coefficient (Wildman–Crippen LogP) is 2.45. The monoisotopic (exact) mass is 324 g/mol.